The molecule has 1 aliphatic carbocycles. The minimum Gasteiger partial charge on any atom is -0.468 e. The lowest BCUT2D eigenvalue weighted by Gasteiger charge is -2.14. The summed E-state index contributed by atoms with van der Waals surface area (Å²) < 4.78 is 10.4. The maximum atomic E-state index is 12.5. The Labute approximate surface area is 161 Å². The molecule has 1 aliphatic rings. The molecule has 1 aromatic carbocycles. The number of nitriles is 1. The van der Waals surface area contributed by atoms with E-state index in [9.17, 15) is 4.79 Å². The highest BCUT2D eigenvalue weighted by atomic mass is 16.5. The van der Waals surface area contributed by atoms with Gasteiger partial charge in [-0.3, -0.25) is 4.79 Å². The van der Waals surface area contributed by atoms with Crippen LogP contribution >= 0.6 is 0 Å². The van der Waals surface area contributed by atoms with Gasteiger partial charge >= 0.3 is 0 Å². The molecule has 0 saturated carbocycles. The number of ether oxygens (including phenoxy) is 1. The Morgan fingerprint density at radius 2 is 2.29 bits per heavy atom. The summed E-state index contributed by atoms with van der Waals surface area (Å²) in [6, 6.07) is 11.0. The van der Waals surface area contributed by atoms with Gasteiger partial charge in [-0.25, -0.2) is 4.98 Å². The predicted molar refractivity (Wildman–Crippen MR) is 97.3 cm³/mol. The van der Waals surface area contributed by atoms with Crippen molar-refractivity contribution in [3.63, 3.8) is 0 Å². The van der Waals surface area contributed by atoms with Gasteiger partial charge in [0.25, 0.3) is 11.8 Å². The lowest BCUT2D eigenvalue weighted by atomic mass is 10.1. The number of amides is 1. The molecule has 4 rings (SSSR count). The summed E-state index contributed by atoms with van der Waals surface area (Å²) in [5.74, 6) is 1.06. The topological polar surface area (TPSA) is 114 Å². The Kier molecular flexibility index (Phi) is 4.72. The number of hydrogen-bond acceptors (Lipinski definition) is 7. The standard InChI is InChI=1S/C20H17N5O3/c1-12-23-19(28-25-12)11-27-18-7-4-15(10-22-18)20(26)24-17-6-3-14-8-13(9-21)2-5-16(14)17/h2,4-5,7-8,10,17H,3,6,11H2,1H3,(H,24,26). The van der Waals surface area contributed by atoms with Crippen LogP contribution in [0.4, 0.5) is 0 Å². The molecule has 8 nitrogen and oxygen atoms in total. The summed E-state index contributed by atoms with van der Waals surface area (Å²) in [5, 5.41) is 15.7. The van der Waals surface area contributed by atoms with Crippen molar-refractivity contribution < 1.29 is 14.1 Å². The molecule has 1 atom stereocenters. The minimum atomic E-state index is -0.200. The summed E-state index contributed by atoms with van der Waals surface area (Å²) in [4.78, 5) is 20.7. The van der Waals surface area contributed by atoms with Crippen molar-refractivity contribution in [3.05, 3.63) is 70.5 Å². The first-order chi connectivity index (χ1) is 13.6. The van der Waals surface area contributed by atoms with E-state index in [2.05, 4.69) is 26.5 Å². The summed E-state index contributed by atoms with van der Waals surface area (Å²) in [6.45, 7) is 1.84. The number of rotatable bonds is 5. The fourth-order valence-corrected chi connectivity index (χ4v) is 3.21. The van der Waals surface area contributed by atoms with Gasteiger partial charge in [-0.15, -0.1) is 0 Å². The Hall–Kier alpha value is -3.73. The maximum Gasteiger partial charge on any atom is 0.264 e. The molecule has 0 saturated heterocycles. The van der Waals surface area contributed by atoms with Crippen LogP contribution in [0.1, 0.15) is 51.2 Å². The second-order valence-corrected chi connectivity index (χ2v) is 6.50. The van der Waals surface area contributed by atoms with Crippen LogP contribution in [0.15, 0.2) is 41.1 Å². The normalized spacial score (nSPS) is 14.9. The fourth-order valence-electron chi connectivity index (χ4n) is 3.21. The highest BCUT2D eigenvalue weighted by Crippen LogP contribution is 2.31. The zero-order valence-corrected chi connectivity index (χ0v) is 15.2. The fraction of sp³-hybridized carbons (Fsp3) is 0.250. The van der Waals surface area contributed by atoms with Crippen molar-refractivity contribution in [2.75, 3.05) is 0 Å². The number of hydrogen-bond donors (Lipinski definition) is 1. The minimum absolute atomic E-state index is 0.0630. The average molecular weight is 375 g/mol. The van der Waals surface area contributed by atoms with E-state index in [1.807, 2.05) is 12.1 Å². The van der Waals surface area contributed by atoms with Gasteiger partial charge < -0.3 is 14.6 Å². The molecule has 28 heavy (non-hydrogen) atoms. The van der Waals surface area contributed by atoms with Gasteiger partial charge in [0.05, 0.1) is 23.2 Å². The Bertz CT molecular complexity index is 1050. The van der Waals surface area contributed by atoms with Gasteiger partial charge in [-0.2, -0.15) is 10.2 Å². The first-order valence-electron chi connectivity index (χ1n) is 8.84. The van der Waals surface area contributed by atoms with Crippen LogP contribution in [-0.4, -0.2) is 21.0 Å². The van der Waals surface area contributed by atoms with E-state index < -0.39 is 0 Å². The van der Waals surface area contributed by atoms with E-state index in [4.69, 9.17) is 14.5 Å². The van der Waals surface area contributed by atoms with E-state index in [0.29, 0.717) is 28.7 Å². The second kappa shape index (κ2) is 7.48. The monoisotopic (exact) mass is 375 g/mol. The number of aryl methyl sites for hydroxylation is 2. The second-order valence-electron chi connectivity index (χ2n) is 6.50. The third-order valence-corrected chi connectivity index (χ3v) is 4.57. The smallest absolute Gasteiger partial charge is 0.264 e. The lowest BCUT2D eigenvalue weighted by molar-refractivity contribution is 0.0936. The first-order valence-corrected chi connectivity index (χ1v) is 8.84. The molecular formula is C20H17N5O3. The van der Waals surface area contributed by atoms with E-state index in [-0.39, 0.29) is 18.6 Å². The number of aromatic nitrogens is 3. The number of benzene rings is 1. The van der Waals surface area contributed by atoms with Gasteiger partial charge in [0.15, 0.2) is 12.4 Å². The van der Waals surface area contributed by atoms with Crippen molar-refractivity contribution in [3.8, 4) is 11.9 Å². The Morgan fingerprint density at radius 1 is 1.39 bits per heavy atom. The summed E-state index contributed by atoms with van der Waals surface area (Å²) in [5.41, 5.74) is 3.27. The number of fused-ring (bicyclic) bond motifs is 1. The zero-order valence-electron chi connectivity index (χ0n) is 15.2. The lowest BCUT2D eigenvalue weighted by Crippen LogP contribution is -2.27. The van der Waals surface area contributed by atoms with Crippen molar-refractivity contribution in [2.45, 2.75) is 32.4 Å². The maximum absolute atomic E-state index is 12.5. The van der Waals surface area contributed by atoms with Gasteiger partial charge in [0.1, 0.15) is 0 Å². The molecule has 0 bridgehead atoms. The summed E-state index contributed by atoms with van der Waals surface area (Å²) >= 11 is 0. The molecule has 0 aliphatic heterocycles. The van der Waals surface area contributed by atoms with Crippen LogP contribution in [0.3, 0.4) is 0 Å². The van der Waals surface area contributed by atoms with Crippen LogP contribution in [0.25, 0.3) is 0 Å². The van der Waals surface area contributed by atoms with E-state index >= 15 is 0 Å². The number of nitrogens with one attached hydrogen (secondary N) is 1. The van der Waals surface area contributed by atoms with Gasteiger partial charge in [0, 0.05) is 12.3 Å². The van der Waals surface area contributed by atoms with Crippen LogP contribution < -0.4 is 10.1 Å². The molecule has 2 aromatic heterocycles. The third-order valence-electron chi connectivity index (χ3n) is 4.57. The van der Waals surface area contributed by atoms with E-state index in [1.54, 1.807) is 25.1 Å². The van der Waals surface area contributed by atoms with Gasteiger partial charge in [0.2, 0.25) is 5.88 Å². The van der Waals surface area contributed by atoms with E-state index in [0.717, 1.165) is 24.0 Å². The van der Waals surface area contributed by atoms with Crippen molar-refractivity contribution >= 4 is 5.91 Å². The van der Waals surface area contributed by atoms with Crippen LogP contribution in [0.2, 0.25) is 0 Å². The summed E-state index contributed by atoms with van der Waals surface area (Å²) in [6.07, 6.45) is 3.13. The van der Waals surface area contributed by atoms with Crippen LogP contribution in [0, 0.1) is 18.3 Å². The zero-order chi connectivity index (χ0) is 19.5. The number of nitrogens with zero attached hydrogens (tertiary/aromatic N) is 4. The number of carbonyl (C=O) groups is 1. The van der Waals surface area contributed by atoms with Crippen molar-refractivity contribution in [1.29, 1.82) is 5.26 Å². The highest BCUT2D eigenvalue weighted by molar-refractivity contribution is 5.94. The van der Waals surface area contributed by atoms with Crippen LogP contribution in [-0.2, 0) is 13.0 Å². The predicted octanol–water partition coefficient (Wildman–Crippen LogP) is 2.64. The Morgan fingerprint density at radius 3 is 3.00 bits per heavy atom. The molecule has 0 fully saturated rings. The van der Waals surface area contributed by atoms with Gasteiger partial charge in [-0.05, 0) is 49.1 Å². The number of carbonyl (C=O) groups excluding carboxylic acids is 1. The quantitative estimate of drug-likeness (QED) is 0.729. The molecule has 140 valence electrons. The molecular weight excluding hydrogens is 358 g/mol. The summed E-state index contributed by atoms with van der Waals surface area (Å²) in [7, 11) is 0. The molecule has 8 heteroatoms. The molecule has 1 N–H and O–H groups in total. The molecule has 1 amide bonds. The molecule has 0 radical (unpaired) electrons. The van der Waals surface area contributed by atoms with Crippen molar-refractivity contribution in [2.24, 2.45) is 0 Å². The first kappa shape index (κ1) is 17.7. The third kappa shape index (κ3) is 3.69. The molecule has 1 unspecified atom stereocenters. The molecule has 0 spiro atoms. The Balaban J connectivity index is 1.37. The van der Waals surface area contributed by atoms with E-state index in [1.165, 1.54) is 6.20 Å². The average Bonchev–Trinajstić information content (AvgIpc) is 3.32. The van der Waals surface area contributed by atoms with Gasteiger partial charge in [-0.1, -0.05) is 11.2 Å². The molecule has 3 aromatic rings. The highest BCUT2D eigenvalue weighted by Gasteiger charge is 2.24. The van der Waals surface area contributed by atoms with Crippen molar-refractivity contribution in [1.82, 2.24) is 20.4 Å². The van der Waals surface area contributed by atoms with Crippen LogP contribution in [0.5, 0.6) is 5.88 Å². The molecule has 2 heterocycles. The SMILES string of the molecule is Cc1noc(COc2ccc(C(=O)NC3CCc4cc(C#N)ccc43)cn2)n1. The number of pyridine rings is 1. The largest absolute Gasteiger partial charge is 0.468 e.